The number of primary amides is 1. The van der Waals surface area contributed by atoms with E-state index in [-0.39, 0.29) is 57.1 Å². The van der Waals surface area contributed by atoms with Gasteiger partial charge in [0.15, 0.2) is 11.9 Å². The van der Waals surface area contributed by atoms with Gasteiger partial charge in [-0.3, -0.25) is 29.2 Å². The van der Waals surface area contributed by atoms with Crippen LogP contribution < -0.4 is 56.1 Å². The summed E-state index contributed by atoms with van der Waals surface area (Å²) in [5, 5.41) is 16.9. The lowest BCUT2D eigenvalue weighted by atomic mass is 10.0. The van der Waals surface area contributed by atoms with Crippen LogP contribution in [0.3, 0.4) is 0 Å². The van der Waals surface area contributed by atoms with Crippen molar-refractivity contribution in [1.29, 1.82) is 0 Å². The fourth-order valence-electron chi connectivity index (χ4n) is 3.55. The van der Waals surface area contributed by atoms with Gasteiger partial charge in [0.1, 0.15) is 18.1 Å². The number of nitrogens with one attached hydrogen (secondary N) is 3. The lowest BCUT2D eigenvalue weighted by molar-refractivity contribution is -0.142. The number of guanidine groups is 2. The van der Waals surface area contributed by atoms with E-state index in [9.17, 15) is 29.1 Å². The maximum atomic E-state index is 13.3. The summed E-state index contributed by atoms with van der Waals surface area (Å²) < 4.78 is 0. The minimum atomic E-state index is -1.41. The van der Waals surface area contributed by atoms with Crippen LogP contribution in [0.25, 0.3) is 0 Å². The van der Waals surface area contributed by atoms with Gasteiger partial charge in [-0.05, 0) is 57.9 Å². The van der Waals surface area contributed by atoms with Gasteiger partial charge in [-0.25, -0.2) is 4.79 Å². The molecule has 0 saturated carbocycles. The summed E-state index contributed by atoms with van der Waals surface area (Å²) in [5.41, 5.74) is 37.8. The molecule has 18 nitrogen and oxygen atoms in total. The molecule has 0 saturated heterocycles. The van der Waals surface area contributed by atoms with E-state index in [2.05, 4.69) is 25.9 Å². The fraction of sp³-hybridized carbons (Fsp3) is 0.696. The lowest BCUT2D eigenvalue weighted by Gasteiger charge is -2.25. The van der Waals surface area contributed by atoms with Crippen molar-refractivity contribution in [1.82, 2.24) is 16.0 Å². The van der Waals surface area contributed by atoms with E-state index >= 15 is 0 Å². The Morgan fingerprint density at radius 2 is 1.10 bits per heavy atom. The van der Waals surface area contributed by atoms with Crippen molar-refractivity contribution in [3.05, 3.63) is 0 Å². The average molecular weight is 587 g/mol. The summed E-state index contributed by atoms with van der Waals surface area (Å²) in [4.78, 5) is 69.4. The van der Waals surface area contributed by atoms with Gasteiger partial charge in [-0.15, -0.1) is 0 Å². The Morgan fingerprint density at radius 3 is 1.56 bits per heavy atom. The number of rotatable bonds is 22. The first-order valence-corrected chi connectivity index (χ1v) is 13.3. The van der Waals surface area contributed by atoms with E-state index in [1.165, 1.54) is 0 Å². The van der Waals surface area contributed by atoms with Gasteiger partial charge < -0.3 is 61.2 Å². The lowest BCUT2D eigenvalue weighted by Crippen LogP contribution is -2.57. The number of aliphatic carboxylic acids is 1. The second-order valence-electron chi connectivity index (χ2n) is 9.32. The van der Waals surface area contributed by atoms with Crippen molar-refractivity contribution in [2.75, 3.05) is 19.6 Å². The molecular weight excluding hydrogens is 540 g/mol. The quantitative estimate of drug-likeness (QED) is 0.0324. The van der Waals surface area contributed by atoms with E-state index < -0.39 is 53.8 Å². The molecule has 0 bridgehead atoms. The number of hydrogen-bond acceptors (Lipinski definition) is 9. The minimum Gasteiger partial charge on any atom is -0.480 e. The fourth-order valence-corrected chi connectivity index (χ4v) is 3.55. The van der Waals surface area contributed by atoms with Gasteiger partial charge >= 0.3 is 5.97 Å². The molecule has 18 N–H and O–H groups in total. The molecule has 0 aliphatic rings. The highest BCUT2D eigenvalue weighted by Gasteiger charge is 2.30. The van der Waals surface area contributed by atoms with Crippen LogP contribution in [0.15, 0.2) is 9.98 Å². The Balaban J connectivity index is 5.63. The molecule has 0 radical (unpaired) electrons. The van der Waals surface area contributed by atoms with Gasteiger partial charge in [0.25, 0.3) is 0 Å². The Labute approximate surface area is 238 Å². The Morgan fingerprint density at radius 1 is 0.634 bits per heavy atom. The smallest absolute Gasteiger partial charge is 0.326 e. The highest BCUT2D eigenvalue weighted by Crippen LogP contribution is 2.07. The normalized spacial score (nSPS) is 13.5. The molecule has 0 aromatic carbocycles. The third-order valence-electron chi connectivity index (χ3n) is 5.76. The van der Waals surface area contributed by atoms with Crippen molar-refractivity contribution < 1.29 is 29.1 Å². The van der Waals surface area contributed by atoms with Crippen LogP contribution >= 0.6 is 0 Å². The molecule has 234 valence electrons. The molecule has 41 heavy (non-hydrogen) atoms. The number of amides is 4. The largest absolute Gasteiger partial charge is 0.480 e. The molecule has 0 fully saturated rings. The van der Waals surface area contributed by atoms with E-state index in [0.717, 1.165) is 0 Å². The summed E-state index contributed by atoms with van der Waals surface area (Å²) in [6.45, 7) is 0.776. The van der Waals surface area contributed by atoms with Crippen LogP contribution in [0.1, 0.15) is 57.8 Å². The number of hydrogen-bond donors (Lipinski definition) is 11. The Bertz CT molecular complexity index is 921. The second-order valence-corrected chi connectivity index (χ2v) is 9.32. The first-order chi connectivity index (χ1) is 19.3. The summed E-state index contributed by atoms with van der Waals surface area (Å²) in [5.74, 6) is -4.43. The summed E-state index contributed by atoms with van der Waals surface area (Å²) in [6, 6.07) is -4.65. The zero-order valence-electron chi connectivity index (χ0n) is 23.2. The van der Waals surface area contributed by atoms with Crippen molar-refractivity contribution in [2.24, 2.45) is 50.1 Å². The van der Waals surface area contributed by atoms with Gasteiger partial charge in [-0.1, -0.05) is 0 Å². The van der Waals surface area contributed by atoms with Crippen molar-refractivity contribution in [3.8, 4) is 0 Å². The number of carbonyl (C=O) groups excluding carboxylic acids is 4. The molecule has 18 heteroatoms. The summed E-state index contributed by atoms with van der Waals surface area (Å²) in [7, 11) is 0. The Kier molecular flexibility index (Phi) is 18.6. The molecule has 0 aromatic heterocycles. The number of carboxylic acids is 1. The summed E-state index contributed by atoms with van der Waals surface area (Å²) >= 11 is 0. The number of carboxylic acid groups (broad SMARTS) is 1. The topological polar surface area (TPSA) is 349 Å². The predicted octanol–water partition coefficient (Wildman–Crippen LogP) is -4.65. The van der Waals surface area contributed by atoms with Crippen molar-refractivity contribution in [3.63, 3.8) is 0 Å². The standard InChI is InChI=1S/C23H46N12O6/c24-10-2-1-6-14(20(39)35-16(21(40)41)8-9-17(26)36)34-19(38)15(7-4-12-32-23(29)30)33-18(37)13(25)5-3-11-31-22(27)28/h13-16H,1-12,24-25H2,(H2,26,36)(H,33,37)(H,34,38)(H,35,39)(H,40,41)(H4,27,28,31)(H4,29,30,32). The number of carbonyl (C=O) groups is 5. The van der Waals surface area contributed by atoms with E-state index in [1.54, 1.807) is 0 Å². The maximum absolute atomic E-state index is 13.3. The van der Waals surface area contributed by atoms with Crippen LogP contribution in [-0.4, -0.2) is 90.4 Å². The minimum absolute atomic E-state index is 0.0897. The van der Waals surface area contributed by atoms with Gasteiger partial charge in [0.05, 0.1) is 6.04 Å². The van der Waals surface area contributed by atoms with Crippen molar-refractivity contribution in [2.45, 2.75) is 82.0 Å². The first kappa shape index (κ1) is 36.8. The molecule has 0 aromatic rings. The number of nitrogens with zero attached hydrogens (tertiary/aromatic N) is 2. The zero-order chi connectivity index (χ0) is 31.4. The molecule has 0 aliphatic heterocycles. The highest BCUT2D eigenvalue weighted by atomic mass is 16.4. The molecule has 4 unspecified atom stereocenters. The SMILES string of the molecule is NCCCCC(NC(=O)C(CCCN=C(N)N)NC(=O)C(N)CCCN=C(N)N)C(=O)NC(CCC(N)=O)C(=O)O. The highest BCUT2D eigenvalue weighted by molar-refractivity contribution is 5.94. The van der Waals surface area contributed by atoms with E-state index in [4.69, 9.17) is 40.1 Å². The number of nitrogens with two attached hydrogens (primary N) is 7. The zero-order valence-corrected chi connectivity index (χ0v) is 23.2. The molecule has 4 amide bonds. The van der Waals surface area contributed by atoms with Crippen LogP contribution in [-0.2, 0) is 24.0 Å². The third kappa shape index (κ3) is 17.9. The Hall–Kier alpha value is -4.19. The second kappa shape index (κ2) is 20.7. The van der Waals surface area contributed by atoms with Gasteiger partial charge in [-0.2, -0.15) is 0 Å². The maximum Gasteiger partial charge on any atom is 0.326 e. The molecule has 0 heterocycles. The molecule has 0 rings (SSSR count). The first-order valence-electron chi connectivity index (χ1n) is 13.3. The molecule has 4 atom stereocenters. The average Bonchev–Trinajstić information content (AvgIpc) is 2.89. The number of unbranched alkanes of at least 4 members (excludes halogenated alkanes) is 1. The summed E-state index contributed by atoms with van der Waals surface area (Å²) in [6.07, 6.45) is 1.66. The molecule has 0 aliphatic carbocycles. The van der Waals surface area contributed by atoms with Crippen molar-refractivity contribution >= 4 is 41.5 Å². The van der Waals surface area contributed by atoms with Gasteiger partial charge in [0, 0.05) is 19.5 Å². The predicted molar refractivity (Wildman–Crippen MR) is 153 cm³/mol. The third-order valence-corrected chi connectivity index (χ3v) is 5.76. The van der Waals surface area contributed by atoms with Gasteiger partial charge in [0.2, 0.25) is 23.6 Å². The van der Waals surface area contributed by atoms with Crippen LogP contribution in [0, 0.1) is 0 Å². The number of aliphatic imine (C=N–C) groups is 2. The van der Waals surface area contributed by atoms with Crippen LogP contribution in [0.2, 0.25) is 0 Å². The molecule has 0 spiro atoms. The monoisotopic (exact) mass is 586 g/mol. The van der Waals surface area contributed by atoms with Crippen LogP contribution in [0.5, 0.6) is 0 Å². The van der Waals surface area contributed by atoms with E-state index in [1.807, 2.05) is 0 Å². The molecular formula is C23H46N12O6. The van der Waals surface area contributed by atoms with E-state index in [0.29, 0.717) is 32.2 Å². The van der Waals surface area contributed by atoms with Crippen LogP contribution in [0.4, 0.5) is 0 Å².